The summed E-state index contributed by atoms with van der Waals surface area (Å²) in [6.45, 7) is 4.99. The van der Waals surface area contributed by atoms with Crippen LogP contribution >= 0.6 is 0 Å². The van der Waals surface area contributed by atoms with Gasteiger partial charge in [0, 0.05) is 42.6 Å². The van der Waals surface area contributed by atoms with Crippen LogP contribution in [0.3, 0.4) is 0 Å². The molecule has 1 fully saturated rings. The predicted molar refractivity (Wildman–Crippen MR) is 109 cm³/mol. The van der Waals surface area contributed by atoms with Crippen molar-refractivity contribution in [3.05, 3.63) is 47.9 Å². The number of nitrogens with one attached hydrogen (secondary N) is 2. The Labute approximate surface area is 159 Å². The number of hydrogen-bond acceptors (Lipinski definition) is 5. The van der Waals surface area contributed by atoms with E-state index in [9.17, 15) is 0 Å². The zero-order valence-corrected chi connectivity index (χ0v) is 15.5. The van der Waals surface area contributed by atoms with E-state index in [4.69, 9.17) is 12.2 Å². The van der Waals surface area contributed by atoms with Crippen molar-refractivity contribution >= 4 is 22.5 Å². The van der Waals surface area contributed by atoms with Crippen LogP contribution in [-0.4, -0.2) is 38.5 Å². The van der Waals surface area contributed by atoms with E-state index in [2.05, 4.69) is 38.0 Å². The molecule has 4 N–H and O–H groups in total. The average molecular weight is 360 g/mol. The van der Waals surface area contributed by atoms with Gasteiger partial charge < -0.3 is 16.0 Å². The summed E-state index contributed by atoms with van der Waals surface area (Å²) in [5.74, 6) is 3.45. The molecule has 0 saturated carbocycles. The molecule has 1 aliphatic heterocycles. The van der Waals surface area contributed by atoms with Gasteiger partial charge in [0.05, 0.1) is 5.39 Å². The molecule has 1 aromatic carbocycles. The highest BCUT2D eigenvalue weighted by Crippen LogP contribution is 2.28. The molecular weight excluding hydrogens is 336 g/mol. The molecule has 0 atom stereocenters. The number of fused-ring (bicyclic) bond motifs is 1. The Morgan fingerprint density at radius 3 is 2.93 bits per heavy atom. The van der Waals surface area contributed by atoms with Crippen molar-refractivity contribution in [3.8, 4) is 12.3 Å². The van der Waals surface area contributed by atoms with E-state index in [0.717, 1.165) is 60.6 Å². The summed E-state index contributed by atoms with van der Waals surface area (Å²) in [6, 6.07) is 7.76. The highest BCUT2D eigenvalue weighted by Gasteiger charge is 2.26. The highest BCUT2D eigenvalue weighted by molar-refractivity contribution is 5.92. The van der Waals surface area contributed by atoms with Gasteiger partial charge in [0.1, 0.15) is 17.8 Å². The molecule has 3 aromatic rings. The summed E-state index contributed by atoms with van der Waals surface area (Å²) in [6.07, 6.45) is 11.1. The average Bonchev–Trinajstić information content (AvgIpc) is 3.08. The molecule has 3 heterocycles. The van der Waals surface area contributed by atoms with E-state index in [-0.39, 0.29) is 5.54 Å². The number of hydrogen-bond donors (Lipinski definition) is 3. The van der Waals surface area contributed by atoms with Crippen LogP contribution in [0.2, 0.25) is 0 Å². The van der Waals surface area contributed by atoms with Crippen LogP contribution in [0.4, 0.5) is 11.5 Å². The Balaban J connectivity index is 1.61. The Morgan fingerprint density at radius 1 is 1.33 bits per heavy atom. The molecule has 27 heavy (non-hydrogen) atoms. The lowest BCUT2D eigenvalue weighted by Crippen LogP contribution is -2.47. The summed E-state index contributed by atoms with van der Waals surface area (Å²) in [5, 5.41) is 4.41. The number of nitrogens with two attached hydrogens (primary N) is 1. The SMILES string of the molecule is C#Cc1cccc(Nc2ncnc3[nH]cc(CN4CCC(C)(N)CC4)c23)c1. The number of rotatable bonds is 4. The van der Waals surface area contributed by atoms with Gasteiger partial charge in [0.25, 0.3) is 0 Å². The largest absolute Gasteiger partial charge is 0.346 e. The van der Waals surface area contributed by atoms with Gasteiger partial charge >= 0.3 is 0 Å². The molecular formula is C21H24N6. The molecule has 6 nitrogen and oxygen atoms in total. The molecule has 4 rings (SSSR count). The normalized spacial score (nSPS) is 16.9. The van der Waals surface area contributed by atoms with E-state index >= 15 is 0 Å². The molecule has 6 heteroatoms. The van der Waals surface area contributed by atoms with Crippen molar-refractivity contribution in [1.82, 2.24) is 19.9 Å². The second kappa shape index (κ2) is 7.03. The van der Waals surface area contributed by atoms with Crippen LogP contribution in [0.25, 0.3) is 11.0 Å². The third kappa shape index (κ3) is 3.80. The van der Waals surface area contributed by atoms with Crippen molar-refractivity contribution < 1.29 is 0 Å². The third-order valence-electron chi connectivity index (χ3n) is 5.24. The second-order valence-corrected chi connectivity index (χ2v) is 7.54. The monoisotopic (exact) mass is 360 g/mol. The minimum Gasteiger partial charge on any atom is -0.346 e. The van der Waals surface area contributed by atoms with Gasteiger partial charge in [-0.2, -0.15) is 0 Å². The summed E-state index contributed by atoms with van der Waals surface area (Å²) >= 11 is 0. The van der Waals surface area contributed by atoms with Crippen molar-refractivity contribution in [2.24, 2.45) is 5.73 Å². The lowest BCUT2D eigenvalue weighted by Gasteiger charge is -2.36. The number of nitrogens with zero attached hydrogens (tertiary/aromatic N) is 3. The summed E-state index contributed by atoms with van der Waals surface area (Å²) < 4.78 is 0. The molecule has 0 radical (unpaired) electrons. The molecule has 1 aliphatic rings. The van der Waals surface area contributed by atoms with Crippen LogP contribution in [0.1, 0.15) is 30.9 Å². The fourth-order valence-electron chi connectivity index (χ4n) is 3.53. The summed E-state index contributed by atoms with van der Waals surface area (Å²) in [7, 11) is 0. The Bertz CT molecular complexity index is 987. The predicted octanol–water partition coefficient (Wildman–Crippen LogP) is 3.00. The Hall–Kier alpha value is -2.88. The first kappa shape index (κ1) is 17.5. The molecule has 0 spiro atoms. The zero-order valence-electron chi connectivity index (χ0n) is 15.5. The molecule has 0 amide bonds. The maximum absolute atomic E-state index is 6.26. The van der Waals surface area contributed by atoms with Crippen LogP contribution in [0, 0.1) is 12.3 Å². The van der Waals surface area contributed by atoms with Gasteiger partial charge in [-0.25, -0.2) is 9.97 Å². The number of H-pyrrole nitrogens is 1. The lowest BCUT2D eigenvalue weighted by atomic mass is 9.91. The molecule has 2 aromatic heterocycles. The lowest BCUT2D eigenvalue weighted by molar-refractivity contribution is 0.165. The standard InChI is InChI=1S/C21H24N6/c1-3-15-5-4-6-17(11-15)26-20-18-16(12-23-19(18)24-14-25-20)13-27-9-7-21(2,22)8-10-27/h1,4-6,11-12,14H,7-10,13,22H2,2H3,(H2,23,24,25,26). The van der Waals surface area contributed by atoms with E-state index in [0.29, 0.717) is 0 Å². The molecule has 0 aliphatic carbocycles. The van der Waals surface area contributed by atoms with Gasteiger partial charge in [0.15, 0.2) is 0 Å². The maximum Gasteiger partial charge on any atom is 0.143 e. The van der Waals surface area contributed by atoms with Gasteiger partial charge in [-0.1, -0.05) is 12.0 Å². The first-order chi connectivity index (χ1) is 13.0. The minimum atomic E-state index is -0.0470. The quantitative estimate of drug-likeness (QED) is 0.623. The van der Waals surface area contributed by atoms with Gasteiger partial charge in [0.2, 0.25) is 0 Å². The van der Waals surface area contributed by atoms with Crippen molar-refractivity contribution in [1.29, 1.82) is 0 Å². The van der Waals surface area contributed by atoms with Crippen LogP contribution < -0.4 is 11.1 Å². The highest BCUT2D eigenvalue weighted by atomic mass is 15.1. The minimum absolute atomic E-state index is 0.0470. The molecule has 0 unspecified atom stereocenters. The zero-order chi connectivity index (χ0) is 18.9. The topological polar surface area (TPSA) is 82.9 Å². The first-order valence-electron chi connectivity index (χ1n) is 9.20. The number of aromatic nitrogens is 3. The van der Waals surface area contributed by atoms with Crippen LogP contribution in [0.15, 0.2) is 36.8 Å². The fourth-order valence-corrected chi connectivity index (χ4v) is 3.53. The number of aromatic amines is 1. The van der Waals surface area contributed by atoms with Gasteiger partial charge in [-0.05, 0) is 43.5 Å². The fraction of sp³-hybridized carbons (Fsp3) is 0.333. The maximum atomic E-state index is 6.26. The van der Waals surface area contributed by atoms with Crippen molar-refractivity contribution in [2.45, 2.75) is 31.8 Å². The Morgan fingerprint density at radius 2 is 2.15 bits per heavy atom. The summed E-state index contributed by atoms with van der Waals surface area (Å²) in [4.78, 5) is 14.6. The number of benzene rings is 1. The number of likely N-dealkylation sites (tertiary alicyclic amines) is 1. The number of anilines is 2. The smallest absolute Gasteiger partial charge is 0.143 e. The molecule has 0 bridgehead atoms. The van der Waals surface area contributed by atoms with E-state index < -0.39 is 0 Å². The van der Waals surface area contributed by atoms with Gasteiger partial charge in [-0.15, -0.1) is 6.42 Å². The van der Waals surface area contributed by atoms with Crippen LogP contribution in [0.5, 0.6) is 0 Å². The van der Waals surface area contributed by atoms with Crippen molar-refractivity contribution in [2.75, 3.05) is 18.4 Å². The second-order valence-electron chi connectivity index (χ2n) is 7.54. The number of terminal acetylenes is 1. The van der Waals surface area contributed by atoms with Gasteiger partial charge in [-0.3, -0.25) is 4.90 Å². The third-order valence-corrected chi connectivity index (χ3v) is 5.24. The number of piperidine rings is 1. The summed E-state index contributed by atoms with van der Waals surface area (Å²) in [5.41, 5.74) is 9.97. The Kier molecular flexibility index (Phi) is 4.56. The van der Waals surface area contributed by atoms with E-state index in [1.165, 1.54) is 5.56 Å². The van der Waals surface area contributed by atoms with Crippen molar-refractivity contribution in [3.63, 3.8) is 0 Å². The first-order valence-corrected chi connectivity index (χ1v) is 9.20. The van der Waals surface area contributed by atoms with E-state index in [1.807, 2.05) is 30.5 Å². The van der Waals surface area contributed by atoms with E-state index in [1.54, 1.807) is 6.33 Å². The van der Waals surface area contributed by atoms with Crippen LogP contribution in [-0.2, 0) is 6.54 Å². The molecule has 1 saturated heterocycles. The molecule has 138 valence electrons.